The highest BCUT2D eigenvalue weighted by molar-refractivity contribution is 7.96. The van der Waals surface area contributed by atoms with Crippen LogP contribution >= 0.6 is 6.89 Å². The number of esters is 1. The highest BCUT2D eigenvalue weighted by Crippen LogP contribution is 2.50. The lowest BCUT2D eigenvalue weighted by atomic mass is 9.75. The first-order valence-electron chi connectivity index (χ1n) is 13.0. The lowest BCUT2D eigenvalue weighted by molar-refractivity contribution is -0.161. The third-order valence-corrected chi connectivity index (χ3v) is 11.6. The van der Waals surface area contributed by atoms with Crippen LogP contribution in [0.25, 0.3) is 0 Å². The van der Waals surface area contributed by atoms with Crippen LogP contribution in [-0.2, 0) is 19.1 Å². The van der Waals surface area contributed by atoms with Gasteiger partial charge in [-0.05, 0) is 29.8 Å². The van der Waals surface area contributed by atoms with Crippen LogP contribution < -0.4 is 15.9 Å². The molecule has 4 atom stereocenters. The molecule has 0 aliphatic carbocycles. The molecule has 3 aromatic carbocycles. The molecule has 1 amide bonds. The van der Waals surface area contributed by atoms with E-state index in [-0.39, 0.29) is 17.8 Å². The first-order chi connectivity index (χ1) is 18.8. The summed E-state index contributed by atoms with van der Waals surface area (Å²) in [6, 6.07) is 28.3. The number of likely N-dealkylation sites (tertiary alicyclic amines) is 1. The molecule has 0 bridgehead atoms. The molecule has 1 N–H and O–H groups in total. The van der Waals surface area contributed by atoms with Crippen molar-refractivity contribution < 1.29 is 24.2 Å². The number of ketones is 1. The van der Waals surface area contributed by atoms with Crippen LogP contribution in [0.15, 0.2) is 104 Å². The maximum Gasteiger partial charge on any atom is 0.356 e. The summed E-state index contributed by atoms with van der Waals surface area (Å²) < 4.78 is 5.71. The summed E-state index contributed by atoms with van der Waals surface area (Å²) in [5.41, 5.74) is 0.188. The fourth-order valence-electron chi connectivity index (χ4n) is 5.41. The van der Waals surface area contributed by atoms with Crippen LogP contribution in [0.4, 0.5) is 0 Å². The van der Waals surface area contributed by atoms with E-state index in [9.17, 15) is 19.5 Å². The second-order valence-electron chi connectivity index (χ2n) is 9.75. The van der Waals surface area contributed by atoms with Gasteiger partial charge in [0.15, 0.2) is 0 Å². The highest BCUT2D eigenvalue weighted by atomic mass is 31.2. The summed E-state index contributed by atoms with van der Waals surface area (Å²) in [5, 5.41) is 13.2. The number of aliphatic hydroxyl groups is 1. The van der Waals surface area contributed by atoms with E-state index in [4.69, 9.17) is 4.74 Å². The zero-order chi connectivity index (χ0) is 28.2. The van der Waals surface area contributed by atoms with E-state index in [2.05, 4.69) is 6.58 Å². The minimum absolute atomic E-state index is 0.0461. The van der Waals surface area contributed by atoms with Crippen LogP contribution in [-0.4, -0.2) is 51.8 Å². The number of aliphatic hydroxyl groups excluding tert-OH is 1. The maximum atomic E-state index is 14.2. The lowest BCUT2D eigenvalue weighted by Gasteiger charge is -2.52. The molecule has 1 aliphatic rings. The molecule has 202 valence electrons. The number of ether oxygens (including phenoxy) is 1. The zero-order valence-corrected chi connectivity index (χ0v) is 23.3. The minimum Gasteiger partial charge on any atom is -0.457 e. The first kappa shape index (κ1) is 28.3. The van der Waals surface area contributed by atoms with Crippen molar-refractivity contribution in [1.82, 2.24) is 4.90 Å². The molecule has 6 nitrogen and oxygen atoms in total. The van der Waals surface area contributed by atoms with Gasteiger partial charge >= 0.3 is 5.97 Å². The Kier molecular flexibility index (Phi) is 8.69. The van der Waals surface area contributed by atoms with E-state index >= 15 is 0 Å². The first-order valence-corrected chi connectivity index (χ1v) is 14.8. The summed E-state index contributed by atoms with van der Waals surface area (Å²) in [7, 11) is 0. The number of hydrogen-bond acceptors (Lipinski definition) is 5. The fraction of sp³-hybridized carbons (Fsp3) is 0.250. The fourth-order valence-corrected chi connectivity index (χ4v) is 9.79. The third kappa shape index (κ3) is 5.03. The Morgan fingerprint density at radius 1 is 0.923 bits per heavy atom. The largest absolute Gasteiger partial charge is 0.457 e. The van der Waals surface area contributed by atoms with E-state index in [1.165, 1.54) is 17.9 Å². The van der Waals surface area contributed by atoms with Crippen molar-refractivity contribution in [1.29, 1.82) is 0 Å². The summed E-state index contributed by atoms with van der Waals surface area (Å²) in [6.07, 6.45) is 0.485. The van der Waals surface area contributed by atoms with Crippen LogP contribution in [0.2, 0.25) is 0 Å². The topological polar surface area (TPSA) is 83.9 Å². The number of carbonyl (C=O) groups is 3. The Balaban J connectivity index is 2.23. The van der Waals surface area contributed by atoms with E-state index in [0.29, 0.717) is 0 Å². The Bertz CT molecular complexity index is 1300. The number of nitrogens with zero attached hydrogens (tertiary/aromatic N) is 1. The normalized spacial score (nSPS) is 18.5. The molecule has 0 unspecified atom stereocenters. The van der Waals surface area contributed by atoms with Crippen LogP contribution in [0.5, 0.6) is 0 Å². The summed E-state index contributed by atoms with van der Waals surface area (Å²) in [4.78, 5) is 42.3. The minimum atomic E-state index is -3.06. The number of amides is 1. The summed E-state index contributed by atoms with van der Waals surface area (Å²) in [5.74, 6) is -2.63. The van der Waals surface area contributed by atoms with E-state index < -0.39 is 42.7 Å². The highest BCUT2D eigenvalue weighted by Gasteiger charge is 2.57. The molecular weight excluding hydrogens is 509 g/mol. The Morgan fingerprint density at radius 2 is 1.36 bits per heavy atom. The SMILES string of the molecule is C=CCOC(=O)C(N1C(=O)[C@H]([C@@H](C)O)[C@H]1[C@@H](C)C(C)=O)=P(c1ccccc1)(c1ccccc1)c1ccccc1. The van der Waals surface area contributed by atoms with Gasteiger partial charge in [0.05, 0.1) is 18.1 Å². The van der Waals surface area contributed by atoms with Gasteiger partial charge in [0.1, 0.15) is 17.8 Å². The Hall–Kier alpha value is -3.73. The molecule has 39 heavy (non-hydrogen) atoms. The van der Waals surface area contributed by atoms with Crippen molar-refractivity contribution in [3.63, 3.8) is 0 Å². The van der Waals surface area contributed by atoms with Crippen LogP contribution in [0.3, 0.4) is 0 Å². The monoisotopic (exact) mass is 543 g/mol. The quantitative estimate of drug-likeness (QED) is 0.184. The van der Waals surface area contributed by atoms with E-state index in [1.54, 1.807) is 13.8 Å². The molecular formula is C32H34NO5P. The van der Waals surface area contributed by atoms with Crippen molar-refractivity contribution in [2.45, 2.75) is 32.9 Å². The molecule has 1 heterocycles. The number of Topliss-reactive ketones (excluding diaryl/α,β-unsaturated/α-hetero) is 1. The average Bonchev–Trinajstić information content (AvgIpc) is 2.95. The van der Waals surface area contributed by atoms with Gasteiger partial charge in [0, 0.05) is 12.8 Å². The van der Waals surface area contributed by atoms with Crippen molar-refractivity contribution >= 4 is 45.9 Å². The number of benzene rings is 3. The van der Waals surface area contributed by atoms with Crippen molar-refractivity contribution in [2.24, 2.45) is 11.8 Å². The molecule has 1 aliphatic heterocycles. The van der Waals surface area contributed by atoms with Crippen molar-refractivity contribution in [2.75, 3.05) is 6.61 Å². The number of hydrogen-bond donors (Lipinski definition) is 1. The second-order valence-corrected chi connectivity index (χ2v) is 13.1. The number of carbonyl (C=O) groups excluding carboxylic acids is 3. The van der Waals surface area contributed by atoms with Gasteiger partial charge < -0.3 is 14.7 Å². The third-order valence-electron chi connectivity index (χ3n) is 7.35. The van der Waals surface area contributed by atoms with E-state index in [1.807, 2.05) is 91.0 Å². The lowest BCUT2D eigenvalue weighted by Crippen LogP contribution is -2.70. The predicted molar refractivity (Wildman–Crippen MR) is 157 cm³/mol. The second kappa shape index (κ2) is 12.0. The summed E-state index contributed by atoms with van der Waals surface area (Å²) in [6.45, 7) is 5.33. The van der Waals surface area contributed by atoms with Gasteiger partial charge in [-0.1, -0.05) is 111 Å². The van der Waals surface area contributed by atoms with E-state index in [0.717, 1.165) is 15.9 Å². The molecule has 3 aromatic rings. The Labute approximate surface area is 229 Å². The molecule has 0 radical (unpaired) electrons. The molecule has 0 spiro atoms. The van der Waals surface area contributed by atoms with Crippen LogP contribution in [0, 0.1) is 11.8 Å². The standard InChI is InChI=1S/C32H34NO5P/c1-5-21-38-32(37)31(33-29(22(2)23(3)34)28(24(4)35)30(33)36)39(25-15-9-6-10-16-25,26-17-11-7-12-18-26)27-19-13-8-14-20-27/h5-20,22,24,28-29,35H,1,21H2,2-4H3/t22-,24+,28+,29+/m0/s1. The number of β-lactam (4-membered cyclic amide) rings is 1. The molecule has 4 rings (SSSR count). The van der Waals surface area contributed by atoms with Gasteiger partial charge in [-0.2, -0.15) is 0 Å². The Morgan fingerprint density at radius 3 is 1.72 bits per heavy atom. The smallest absolute Gasteiger partial charge is 0.356 e. The van der Waals surface area contributed by atoms with Gasteiger partial charge in [-0.3, -0.25) is 9.59 Å². The molecule has 0 aromatic heterocycles. The van der Waals surface area contributed by atoms with Gasteiger partial charge in [-0.15, -0.1) is 0 Å². The summed E-state index contributed by atoms with van der Waals surface area (Å²) >= 11 is 0. The zero-order valence-electron chi connectivity index (χ0n) is 22.4. The van der Waals surface area contributed by atoms with Crippen molar-refractivity contribution in [3.8, 4) is 0 Å². The predicted octanol–water partition coefficient (Wildman–Crippen LogP) is 3.27. The van der Waals surface area contributed by atoms with Crippen molar-refractivity contribution in [3.05, 3.63) is 104 Å². The molecule has 1 saturated heterocycles. The van der Waals surface area contributed by atoms with Crippen LogP contribution in [0.1, 0.15) is 20.8 Å². The molecule has 0 saturated carbocycles. The van der Waals surface area contributed by atoms with Gasteiger partial charge in [-0.25, -0.2) is 4.79 Å². The number of rotatable bonds is 10. The average molecular weight is 544 g/mol. The molecule has 7 heteroatoms. The maximum absolute atomic E-state index is 14.2. The van der Waals surface area contributed by atoms with Gasteiger partial charge in [0.25, 0.3) is 0 Å². The van der Waals surface area contributed by atoms with Gasteiger partial charge in [0.2, 0.25) is 5.91 Å². The molecule has 1 fully saturated rings.